The number of rotatable bonds is 3. The zero-order valence-electron chi connectivity index (χ0n) is 10.4. The molecule has 1 fully saturated rings. The van der Waals surface area contributed by atoms with Crippen LogP contribution in [0.1, 0.15) is 18.1 Å². The van der Waals surface area contributed by atoms with Crippen LogP contribution < -0.4 is 0 Å². The maximum absolute atomic E-state index is 11.6. The van der Waals surface area contributed by atoms with E-state index in [9.17, 15) is 4.79 Å². The summed E-state index contributed by atoms with van der Waals surface area (Å²) in [5, 5.41) is 0.150. The summed E-state index contributed by atoms with van der Waals surface area (Å²) in [6.45, 7) is 0. The Morgan fingerprint density at radius 2 is 1.58 bits per heavy atom. The number of cyclic esters (lactones) is 1. The smallest absolute Gasteiger partial charge is 0.307 e. The predicted molar refractivity (Wildman–Crippen MR) is 76.0 cm³/mol. The Balaban J connectivity index is 1.81. The fourth-order valence-electron chi connectivity index (χ4n) is 2.24. The SMILES string of the molecule is O=C1C[C@@H](Sc2ccccc2)[C@H](c2ccccc2)O1. The van der Waals surface area contributed by atoms with Gasteiger partial charge in [-0.25, -0.2) is 0 Å². The van der Waals surface area contributed by atoms with Crippen molar-refractivity contribution in [2.45, 2.75) is 22.7 Å². The van der Waals surface area contributed by atoms with E-state index < -0.39 is 0 Å². The van der Waals surface area contributed by atoms with Gasteiger partial charge in [0.25, 0.3) is 0 Å². The van der Waals surface area contributed by atoms with Crippen LogP contribution in [0.4, 0.5) is 0 Å². The summed E-state index contributed by atoms with van der Waals surface area (Å²) in [7, 11) is 0. The number of ether oxygens (including phenoxy) is 1. The summed E-state index contributed by atoms with van der Waals surface area (Å²) < 4.78 is 5.47. The Morgan fingerprint density at radius 1 is 0.947 bits per heavy atom. The maximum Gasteiger partial charge on any atom is 0.307 e. The summed E-state index contributed by atoms with van der Waals surface area (Å²) in [6.07, 6.45) is 0.331. The lowest BCUT2D eigenvalue weighted by molar-refractivity contribution is -0.141. The van der Waals surface area contributed by atoms with Gasteiger partial charge in [-0.05, 0) is 17.7 Å². The van der Waals surface area contributed by atoms with Crippen LogP contribution in [-0.4, -0.2) is 11.2 Å². The van der Waals surface area contributed by atoms with Gasteiger partial charge in [-0.3, -0.25) is 4.79 Å². The molecule has 3 rings (SSSR count). The van der Waals surface area contributed by atoms with E-state index >= 15 is 0 Å². The Kier molecular flexibility index (Phi) is 3.56. The molecule has 0 unspecified atom stereocenters. The van der Waals surface area contributed by atoms with Crippen LogP contribution in [0.3, 0.4) is 0 Å². The number of hydrogen-bond acceptors (Lipinski definition) is 3. The minimum absolute atomic E-state index is 0.109. The Labute approximate surface area is 116 Å². The van der Waals surface area contributed by atoms with Crippen molar-refractivity contribution in [2.75, 3.05) is 0 Å². The minimum atomic E-state index is -0.140. The van der Waals surface area contributed by atoms with E-state index in [2.05, 4.69) is 12.1 Å². The summed E-state index contributed by atoms with van der Waals surface area (Å²) in [5.41, 5.74) is 1.07. The zero-order valence-corrected chi connectivity index (χ0v) is 11.2. The van der Waals surface area contributed by atoms with E-state index in [0.717, 1.165) is 5.56 Å². The van der Waals surface area contributed by atoms with Crippen LogP contribution in [0.25, 0.3) is 0 Å². The predicted octanol–water partition coefficient (Wildman–Crippen LogP) is 3.84. The molecule has 1 aliphatic rings. The first kappa shape index (κ1) is 12.3. The van der Waals surface area contributed by atoms with Crippen molar-refractivity contribution in [3.8, 4) is 0 Å². The van der Waals surface area contributed by atoms with Crippen molar-refractivity contribution >= 4 is 17.7 Å². The molecule has 96 valence electrons. The minimum Gasteiger partial charge on any atom is -0.456 e. The zero-order chi connectivity index (χ0) is 13.1. The van der Waals surface area contributed by atoms with E-state index in [-0.39, 0.29) is 17.3 Å². The summed E-state index contributed by atoms with van der Waals surface area (Å²) in [6, 6.07) is 20.1. The van der Waals surface area contributed by atoms with Gasteiger partial charge in [-0.15, -0.1) is 11.8 Å². The van der Waals surface area contributed by atoms with Gasteiger partial charge in [0.15, 0.2) is 0 Å². The van der Waals surface area contributed by atoms with E-state index in [1.165, 1.54) is 4.90 Å². The van der Waals surface area contributed by atoms with E-state index in [4.69, 9.17) is 4.74 Å². The van der Waals surface area contributed by atoms with Crippen LogP contribution in [-0.2, 0) is 9.53 Å². The molecule has 3 heteroatoms. The quantitative estimate of drug-likeness (QED) is 0.793. The highest BCUT2D eigenvalue weighted by atomic mass is 32.2. The second kappa shape index (κ2) is 5.49. The maximum atomic E-state index is 11.6. The molecule has 0 spiro atoms. The van der Waals surface area contributed by atoms with Gasteiger partial charge in [0, 0.05) is 4.90 Å². The molecule has 2 aromatic rings. The highest BCUT2D eigenvalue weighted by Gasteiger charge is 2.36. The van der Waals surface area contributed by atoms with Crippen molar-refractivity contribution in [1.82, 2.24) is 0 Å². The fraction of sp³-hybridized carbons (Fsp3) is 0.188. The fourth-order valence-corrected chi connectivity index (χ4v) is 3.46. The van der Waals surface area contributed by atoms with Gasteiger partial charge in [-0.1, -0.05) is 48.5 Å². The topological polar surface area (TPSA) is 26.3 Å². The highest BCUT2D eigenvalue weighted by Crippen LogP contribution is 2.41. The molecule has 0 saturated carbocycles. The first-order valence-corrected chi connectivity index (χ1v) is 7.17. The van der Waals surface area contributed by atoms with E-state index in [1.807, 2.05) is 48.5 Å². The molecule has 0 aliphatic carbocycles. The summed E-state index contributed by atoms with van der Waals surface area (Å²) >= 11 is 1.71. The monoisotopic (exact) mass is 270 g/mol. The molecule has 0 amide bonds. The first-order valence-electron chi connectivity index (χ1n) is 6.29. The number of esters is 1. The van der Waals surface area contributed by atoms with E-state index in [0.29, 0.717) is 6.42 Å². The van der Waals surface area contributed by atoms with Gasteiger partial charge < -0.3 is 4.74 Å². The molecule has 2 nitrogen and oxygen atoms in total. The molecular weight excluding hydrogens is 256 g/mol. The lowest BCUT2D eigenvalue weighted by Crippen LogP contribution is -2.09. The number of hydrogen-bond donors (Lipinski definition) is 0. The Hall–Kier alpha value is -1.74. The van der Waals surface area contributed by atoms with Gasteiger partial charge >= 0.3 is 5.97 Å². The molecule has 1 aliphatic heterocycles. The second-order valence-electron chi connectivity index (χ2n) is 4.49. The Bertz CT molecular complexity index is 553. The van der Waals surface area contributed by atoms with Crippen LogP contribution >= 0.6 is 11.8 Å². The van der Waals surface area contributed by atoms with E-state index in [1.54, 1.807) is 11.8 Å². The largest absolute Gasteiger partial charge is 0.456 e. The molecular formula is C16H14O2S. The second-order valence-corrected chi connectivity index (χ2v) is 5.81. The molecule has 1 saturated heterocycles. The molecule has 0 aromatic heterocycles. The van der Waals surface area contributed by atoms with Crippen molar-refractivity contribution in [1.29, 1.82) is 0 Å². The number of benzene rings is 2. The van der Waals surface area contributed by atoms with Crippen molar-refractivity contribution in [3.63, 3.8) is 0 Å². The third kappa shape index (κ3) is 2.82. The van der Waals surface area contributed by atoms with Gasteiger partial charge in [0.2, 0.25) is 0 Å². The van der Waals surface area contributed by atoms with Gasteiger partial charge in [0.05, 0.1) is 11.7 Å². The van der Waals surface area contributed by atoms with Crippen LogP contribution in [0, 0.1) is 0 Å². The average Bonchev–Trinajstić information content (AvgIpc) is 2.82. The van der Waals surface area contributed by atoms with Gasteiger partial charge in [0.1, 0.15) is 6.10 Å². The molecule has 0 N–H and O–H groups in total. The van der Waals surface area contributed by atoms with Crippen molar-refractivity contribution < 1.29 is 9.53 Å². The lowest BCUT2D eigenvalue weighted by atomic mass is 10.1. The lowest BCUT2D eigenvalue weighted by Gasteiger charge is -2.17. The number of carbonyl (C=O) groups is 1. The van der Waals surface area contributed by atoms with Crippen molar-refractivity contribution in [2.24, 2.45) is 0 Å². The summed E-state index contributed by atoms with van der Waals surface area (Å²) in [5.74, 6) is -0.109. The summed E-state index contributed by atoms with van der Waals surface area (Å²) in [4.78, 5) is 12.8. The standard InChI is InChI=1S/C16H14O2S/c17-15-11-14(19-13-9-5-2-6-10-13)16(18-15)12-7-3-1-4-8-12/h1-10,14,16H,11H2/t14-,16+/m1/s1. The van der Waals surface area contributed by atoms with Crippen LogP contribution in [0.2, 0.25) is 0 Å². The molecule has 2 atom stereocenters. The molecule has 19 heavy (non-hydrogen) atoms. The highest BCUT2D eigenvalue weighted by molar-refractivity contribution is 8.00. The van der Waals surface area contributed by atoms with Crippen molar-refractivity contribution in [3.05, 3.63) is 66.2 Å². The third-order valence-electron chi connectivity index (χ3n) is 3.12. The molecule has 1 heterocycles. The van der Waals surface area contributed by atoms with Gasteiger partial charge in [-0.2, -0.15) is 0 Å². The molecule has 2 aromatic carbocycles. The number of thioether (sulfide) groups is 1. The average molecular weight is 270 g/mol. The molecule has 0 radical (unpaired) electrons. The number of carbonyl (C=O) groups excluding carboxylic acids is 1. The normalized spacial score (nSPS) is 22.2. The van der Waals surface area contributed by atoms with Crippen LogP contribution in [0.5, 0.6) is 0 Å². The first-order chi connectivity index (χ1) is 9.33. The molecule has 0 bridgehead atoms. The van der Waals surface area contributed by atoms with Crippen LogP contribution in [0.15, 0.2) is 65.6 Å². The Morgan fingerprint density at radius 3 is 2.26 bits per heavy atom. The third-order valence-corrected chi connectivity index (χ3v) is 4.38.